The van der Waals surface area contributed by atoms with Crippen LogP contribution in [0.2, 0.25) is 0 Å². The minimum Gasteiger partial charge on any atom is -0.492 e. The van der Waals surface area contributed by atoms with E-state index < -0.39 is 5.82 Å². The molecule has 5 nitrogen and oxygen atoms in total. The highest BCUT2D eigenvalue weighted by Crippen LogP contribution is 2.29. The van der Waals surface area contributed by atoms with E-state index in [4.69, 9.17) is 4.74 Å². The van der Waals surface area contributed by atoms with E-state index >= 15 is 0 Å². The highest BCUT2D eigenvalue weighted by molar-refractivity contribution is 8.00. The SMILES string of the molecule is CCOc1ccccc1NC(=O)c1c(C)cc(C)nc1SCC(=O)c1ccc(F)cc1. The largest absolute Gasteiger partial charge is 0.492 e. The van der Waals surface area contributed by atoms with Crippen molar-refractivity contribution in [2.75, 3.05) is 17.7 Å². The average Bonchev–Trinajstić information content (AvgIpc) is 2.73. The lowest BCUT2D eigenvalue weighted by atomic mass is 10.1. The van der Waals surface area contributed by atoms with E-state index in [0.29, 0.717) is 34.2 Å². The van der Waals surface area contributed by atoms with Crippen molar-refractivity contribution in [3.8, 4) is 5.75 Å². The molecule has 0 unspecified atom stereocenters. The molecular formula is C24H23FN2O3S. The number of carbonyl (C=O) groups excluding carboxylic acids is 2. The number of para-hydroxylation sites is 2. The molecule has 31 heavy (non-hydrogen) atoms. The second kappa shape index (κ2) is 10.2. The van der Waals surface area contributed by atoms with Crippen LogP contribution in [0.5, 0.6) is 5.75 Å². The highest BCUT2D eigenvalue weighted by Gasteiger charge is 2.20. The Hall–Kier alpha value is -3.19. The summed E-state index contributed by atoms with van der Waals surface area (Å²) in [5.41, 5.74) is 2.90. The molecule has 0 radical (unpaired) electrons. The Bertz CT molecular complexity index is 1100. The molecule has 0 aliphatic heterocycles. The Kier molecular flexibility index (Phi) is 7.41. The Labute approximate surface area is 185 Å². The third kappa shape index (κ3) is 5.70. The van der Waals surface area contributed by atoms with Crippen molar-refractivity contribution in [2.24, 2.45) is 0 Å². The quantitative estimate of drug-likeness (QED) is 0.373. The number of ketones is 1. The molecule has 2 aromatic carbocycles. The summed E-state index contributed by atoms with van der Waals surface area (Å²) in [6, 6.07) is 14.4. The van der Waals surface area contributed by atoms with Crippen molar-refractivity contribution in [3.05, 3.63) is 82.8 Å². The molecule has 0 saturated carbocycles. The minimum absolute atomic E-state index is 0.0807. The zero-order valence-corrected chi connectivity index (χ0v) is 18.4. The molecular weight excluding hydrogens is 415 g/mol. The molecule has 3 aromatic rings. The molecule has 0 aliphatic rings. The van der Waals surface area contributed by atoms with Crippen molar-refractivity contribution in [3.63, 3.8) is 0 Å². The van der Waals surface area contributed by atoms with Crippen LogP contribution in [0.25, 0.3) is 0 Å². The smallest absolute Gasteiger partial charge is 0.258 e. The number of anilines is 1. The lowest BCUT2D eigenvalue weighted by molar-refractivity contribution is 0.101. The summed E-state index contributed by atoms with van der Waals surface area (Å²) in [7, 11) is 0. The number of carbonyl (C=O) groups is 2. The standard InChI is InChI=1S/C24H23FN2O3S/c1-4-30-21-8-6-5-7-19(21)27-23(29)22-15(2)13-16(3)26-24(22)31-14-20(28)17-9-11-18(25)12-10-17/h5-13H,4,14H2,1-3H3,(H,27,29). The number of benzene rings is 2. The molecule has 1 amide bonds. The molecule has 0 atom stereocenters. The van der Waals surface area contributed by atoms with Gasteiger partial charge < -0.3 is 10.1 Å². The Balaban J connectivity index is 1.83. The highest BCUT2D eigenvalue weighted by atomic mass is 32.2. The number of pyridine rings is 1. The average molecular weight is 439 g/mol. The number of aromatic nitrogens is 1. The second-order valence-electron chi connectivity index (χ2n) is 6.86. The van der Waals surface area contributed by atoms with Gasteiger partial charge >= 0.3 is 0 Å². The number of aryl methyl sites for hydroxylation is 2. The van der Waals surface area contributed by atoms with Gasteiger partial charge in [0.25, 0.3) is 5.91 Å². The predicted molar refractivity (Wildman–Crippen MR) is 121 cm³/mol. The number of amides is 1. The third-order valence-corrected chi connectivity index (χ3v) is 5.46. The molecule has 1 aromatic heterocycles. The van der Waals surface area contributed by atoms with Gasteiger partial charge in [0, 0.05) is 11.3 Å². The van der Waals surface area contributed by atoms with Crippen LogP contribution >= 0.6 is 11.8 Å². The molecule has 1 N–H and O–H groups in total. The van der Waals surface area contributed by atoms with Gasteiger partial charge in [0.05, 0.1) is 23.6 Å². The van der Waals surface area contributed by atoms with Crippen LogP contribution in [0.1, 0.15) is 38.9 Å². The molecule has 7 heteroatoms. The number of halogens is 1. The zero-order valence-electron chi connectivity index (χ0n) is 17.6. The molecule has 3 rings (SSSR count). The van der Waals surface area contributed by atoms with E-state index in [-0.39, 0.29) is 17.4 Å². The summed E-state index contributed by atoms with van der Waals surface area (Å²) in [6.45, 7) is 6.03. The number of hydrogen-bond acceptors (Lipinski definition) is 5. The van der Waals surface area contributed by atoms with Gasteiger partial charge in [0.2, 0.25) is 0 Å². The summed E-state index contributed by atoms with van der Waals surface area (Å²) >= 11 is 1.19. The first-order valence-corrected chi connectivity index (χ1v) is 10.8. The molecule has 160 valence electrons. The first-order chi connectivity index (χ1) is 14.9. The van der Waals surface area contributed by atoms with E-state index in [1.807, 2.05) is 39.0 Å². The van der Waals surface area contributed by atoms with Crippen LogP contribution < -0.4 is 10.1 Å². The number of hydrogen-bond donors (Lipinski definition) is 1. The van der Waals surface area contributed by atoms with Gasteiger partial charge in [-0.25, -0.2) is 9.37 Å². The fourth-order valence-corrected chi connectivity index (χ4v) is 4.11. The molecule has 1 heterocycles. The van der Waals surface area contributed by atoms with Gasteiger partial charge in [0.1, 0.15) is 16.6 Å². The van der Waals surface area contributed by atoms with Crippen LogP contribution in [-0.2, 0) is 0 Å². The topological polar surface area (TPSA) is 68.3 Å². The number of ether oxygens (including phenoxy) is 1. The van der Waals surface area contributed by atoms with Crippen LogP contribution in [-0.4, -0.2) is 29.0 Å². The van der Waals surface area contributed by atoms with Gasteiger partial charge in [-0.05, 0) is 68.8 Å². The summed E-state index contributed by atoms with van der Waals surface area (Å²) in [4.78, 5) is 30.1. The summed E-state index contributed by atoms with van der Waals surface area (Å²) < 4.78 is 18.7. The molecule has 0 fully saturated rings. The Morgan fingerprint density at radius 3 is 2.52 bits per heavy atom. The van der Waals surface area contributed by atoms with Gasteiger partial charge in [0.15, 0.2) is 5.78 Å². The maximum absolute atomic E-state index is 13.1. The second-order valence-corrected chi connectivity index (χ2v) is 7.83. The third-order valence-electron chi connectivity index (χ3n) is 4.48. The number of thioether (sulfide) groups is 1. The predicted octanol–water partition coefficient (Wildman–Crippen LogP) is 5.46. The first-order valence-electron chi connectivity index (χ1n) is 9.82. The number of Topliss-reactive ketones (excluding diaryl/α,β-unsaturated/α-hetero) is 1. The van der Waals surface area contributed by atoms with E-state index in [9.17, 15) is 14.0 Å². The maximum Gasteiger partial charge on any atom is 0.258 e. The summed E-state index contributed by atoms with van der Waals surface area (Å²) in [6.07, 6.45) is 0. The lowest BCUT2D eigenvalue weighted by Gasteiger charge is -2.15. The van der Waals surface area contributed by atoms with Crippen LogP contribution in [0.15, 0.2) is 59.6 Å². The lowest BCUT2D eigenvalue weighted by Crippen LogP contribution is -2.17. The first kappa shape index (κ1) is 22.5. The number of rotatable bonds is 8. The molecule has 0 bridgehead atoms. The van der Waals surface area contributed by atoms with E-state index in [0.717, 1.165) is 11.3 Å². The fraction of sp³-hybridized carbons (Fsp3) is 0.208. The van der Waals surface area contributed by atoms with Crippen LogP contribution in [0, 0.1) is 19.7 Å². The summed E-state index contributed by atoms with van der Waals surface area (Å²) in [5, 5.41) is 3.37. The van der Waals surface area contributed by atoms with Crippen molar-refractivity contribution in [1.29, 1.82) is 0 Å². The van der Waals surface area contributed by atoms with Gasteiger partial charge in [-0.15, -0.1) is 0 Å². The van der Waals surface area contributed by atoms with E-state index in [1.165, 1.54) is 36.0 Å². The molecule has 0 saturated heterocycles. The van der Waals surface area contributed by atoms with Crippen molar-refractivity contribution >= 4 is 29.1 Å². The monoisotopic (exact) mass is 438 g/mol. The maximum atomic E-state index is 13.1. The van der Waals surface area contributed by atoms with Crippen molar-refractivity contribution in [2.45, 2.75) is 25.8 Å². The van der Waals surface area contributed by atoms with E-state index in [2.05, 4.69) is 10.3 Å². The summed E-state index contributed by atoms with van der Waals surface area (Å²) in [5.74, 6) is -0.228. The Morgan fingerprint density at radius 2 is 1.81 bits per heavy atom. The zero-order chi connectivity index (χ0) is 22.4. The van der Waals surface area contributed by atoms with Gasteiger partial charge in [-0.1, -0.05) is 23.9 Å². The Morgan fingerprint density at radius 1 is 1.10 bits per heavy atom. The van der Waals surface area contributed by atoms with Crippen molar-refractivity contribution < 1.29 is 18.7 Å². The minimum atomic E-state index is -0.397. The van der Waals surface area contributed by atoms with Crippen LogP contribution in [0.4, 0.5) is 10.1 Å². The number of nitrogens with zero attached hydrogens (tertiary/aromatic N) is 1. The number of nitrogens with one attached hydrogen (secondary N) is 1. The fourth-order valence-electron chi connectivity index (χ4n) is 3.07. The molecule has 0 spiro atoms. The normalized spacial score (nSPS) is 10.6. The van der Waals surface area contributed by atoms with E-state index in [1.54, 1.807) is 12.1 Å². The van der Waals surface area contributed by atoms with Gasteiger partial charge in [-0.2, -0.15) is 0 Å². The van der Waals surface area contributed by atoms with Crippen molar-refractivity contribution in [1.82, 2.24) is 4.98 Å². The van der Waals surface area contributed by atoms with Gasteiger partial charge in [-0.3, -0.25) is 9.59 Å². The van der Waals surface area contributed by atoms with Crippen LogP contribution in [0.3, 0.4) is 0 Å². The molecule has 0 aliphatic carbocycles.